The van der Waals surface area contributed by atoms with Gasteiger partial charge < -0.3 is 10.1 Å². The molecule has 1 fully saturated rings. The van der Waals surface area contributed by atoms with Crippen molar-refractivity contribution in [2.24, 2.45) is 5.11 Å². The molecule has 1 aliphatic heterocycles. The van der Waals surface area contributed by atoms with Crippen molar-refractivity contribution in [2.45, 2.75) is 19.6 Å². The van der Waals surface area contributed by atoms with Crippen LogP contribution in [0.3, 0.4) is 0 Å². The molecule has 0 spiro atoms. The summed E-state index contributed by atoms with van der Waals surface area (Å²) >= 11 is 0. The highest BCUT2D eigenvalue weighted by Crippen LogP contribution is 2.28. The predicted octanol–water partition coefficient (Wildman–Crippen LogP) is 3.16. The predicted molar refractivity (Wildman–Crippen MR) is 98.8 cm³/mol. The first-order chi connectivity index (χ1) is 13.5. The van der Waals surface area contributed by atoms with Gasteiger partial charge in [-0.1, -0.05) is 11.2 Å². The fourth-order valence-electron chi connectivity index (χ4n) is 2.78. The van der Waals surface area contributed by atoms with Gasteiger partial charge in [0.05, 0.1) is 25.3 Å². The molecule has 144 valence electrons. The van der Waals surface area contributed by atoms with Crippen molar-refractivity contribution in [2.75, 3.05) is 18.0 Å². The molecule has 2 amide bonds. The van der Waals surface area contributed by atoms with Crippen LogP contribution in [-0.2, 0) is 16.1 Å². The Labute approximate surface area is 159 Å². The van der Waals surface area contributed by atoms with Gasteiger partial charge in [-0.3, -0.25) is 14.7 Å². The normalized spacial score (nSPS) is 15.7. The first-order valence-electron chi connectivity index (χ1n) is 8.46. The van der Waals surface area contributed by atoms with Crippen molar-refractivity contribution in [3.8, 4) is 11.1 Å². The van der Waals surface area contributed by atoms with E-state index >= 15 is 0 Å². The molecule has 28 heavy (non-hydrogen) atoms. The highest BCUT2D eigenvalue weighted by Gasteiger charge is 2.32. The zero-order valence-electron chi connectivity index (χ0n) is 15.0. The molecule has 0 bridgehead atoms. The molecule has 0 unspecified atom stereocenters. The number of carbonyl (C=O) groups is 2. The molecule has 9 nitrogen and oxygen atoms in total. The number of azide groups is 1. The lowest BCUT2D eigenvalue weighted by atomic mass is 10.1. The quantitative estimate of drug-likeness (QED) is 0.467. The monoisotopic (exact) mass is 384 g/mol. The molecular weight excluding hydrogens is 367 g/mol. The molecule has 10 heteroatoms. The number of benzene rings is 1. The second-order valence-corrected chi connectivity index (χ2v) is 6.14. The van der Waals surface area contributed by atoms with E-state index in [1.54, 1.807) is 24.3 Å². The van der Waals surface area contributed by atoms with Crippen molar-refractivity contribution in [3.63, 3.8) is 0 Å². The average molecular weight is 384 g/mol. The summed E-state index contributed by atoms with van der Waals surface area (Å²) in [5.41, 5.74) is 10.1. The Bertz CT molecular complexity index is 943. The molecule has 2 aromatic rings. The van der Waals surface area contributed by atoms with Crippen LogP contribution in [0.4, 0.5) is 14.9 Å². The molecule has 1 aliphatic rings. The standard InChI is InChI=1S/C18H17FN6O3/c1-11(26)21-9-15-10-25(18(27)28-15)14-4-5-16(17(19)6-14)12-2-3-13(22-7-12)8-23-24-20/h2-7,15H,8-10H2,1H3,(H,21,26)/t15-/m0/s1. The van der Waals surface area contributed by atoms with Gasteiger partial charge in [0, 0.05) is 34.9 Å². The molecule has 1 aromatic heterocycles. The van der Waals surface area contributed by atoms with E-state index in [0.29, 0.717) is 22.5 Å². The Morgan fingerprint density at radius 2 is 2.29 bits per heavy atom. The van der Waals surface area contributed by atoms with Crippen LogP contribution in [0.15, 0.2) is 41.6 Å². The number of carbonyl (C=O) groups excluding carboxylic acids is 2. The minimum absolute atomic E-state index is 0.120. The van der Waals surface area contributed by atoms with Gasteiger partial charge in [0.2, 0.25) is 5.91 Å². The van der Waals surface area contributed by atoms with Crippen LogP contribution in [-0.4, -0.2) is 36.2 Å². The van der Waals surface area contributed by atoms with Crippen LogP contribution in [0.2, 0.25) is 0 Å². The van der Waals surface area contributed by atoms with Crippen LogP contribution in [0.5, 0.6) is 0 Å². The van der Waals surface area contributed by atoms with Crippen molar-refractivity contribution in [1.29, 1.82) is 0 Å². The number of hydrogen-bond acceptors (Lipinski definition) is 5. The Balaban J connectivity index is 1.74. The SMILES string of the molecule is CC(=O)NC[C@H]1CN(c2ccc(-c3ccc(CN=[N+]=[N-])nc3)c(F)c2)C(=O)O1. The molecule has 0 aliphatic carbocycles. The largest absolute Gasteiger partial charge is 0.442 e. The van der Waals surface area contributed by atoms with E-state index in [2.05, 4.69) is 20.3 Å². The van der Waals surface area contributed by atoms with Crippen LogP contribution >= 0.6 is 0 Å². The third kappa shape index (κ3) is 4.36. The van der Waals surface area contributed by atoms with Crippen molar-refractivity contribution in [3.05, 3.63) is 58.5 Å². The second-order valence-electron chi connectivity index (χ2n) is 6.14. The number of halogens is 1. The van der Waals surface area contributed by atoms with E-state index in [1.165, 1.54) is 24.1 Å². The van der Waals surface area contributed by atoms with Crippen LogP contribution in [0, 0.1) is 5.82 Å². The van der Waals surface area contributed by atoms with E-state index in [-0.39, 0.29) is 25.5 Å². The zero-order chi connectivity index (χ0) is 20.1. The minimum atomic E-state index is -0.591. The molecule has 1 aromatic carbocycles. The molecule has 1 atom stereocenters. The summed E-state index contributed by atoms with van der Waals surface area (Å²) in [6, 6.07) is 7.77. The molecule has 2 heterocycles. The van der Waals surface area contributed by atoms with Gasteiger partial charge in [-0.15, -0.1) is 0 Å². The summed E-state index contributed by atoms with van der Waals surface area (Å²) < 4.78 is 19.8. The number of amides is 2. The van der Waals surface area contributed by atoms with Gasteiger partial charge in [-0.25, -0.2) is 9.18 Å². The van der Waals surface area contributed by atoms with E-state index in [0.717, 1.165) is 0 Å². The number of cyclic esters (lactones) is 1. The molecule has 1 N–H and O–H groups in total. The molecular formula is C18H17FN6O3. The number of nitrogens with zero attached hydrogens (tertiary/aromatic N) is 5. The van der Waals surface area contributed by atoms with E-state index in [1.807, 2.05) is 0 Å². The van der Waals surface area contributed by atoms with Gasteiger partial charge in [0.25, 0.3) is 0 Å². The maximum atomic E-state index is 14.6. The van der Waals surface area contributed by atoms with Crippen molar-refractivity contribution < 1.29 is 18.7 Å². The molecule has 3 rings (SSSR count). The second kappa shape index (κ2) is 8.36. The Morgan fingerprint density at radius 1 is 1.46 bits per heavy atom. The summed E-state index contributed by atoms with van der Waals surface area (Å²) in [7, 11) is 0. The van der Waals surface area contributed by atoms with E-state index < -0.39 is 18.0 Å². The highest BCUT2D eigenvalue weighted by atomic mass is 19.1. The highest BCUT2D eigenvalue weighted by molar-refractivity contribution is 5.90. The summed E-state index contributed by atoms with van der Waals surface area (Å²) in [5, 5.41) is 6.01. The lowest BCUT2D eigenvalue weighted by Crippen LogP contribution is -2.33. The van der Waals surface area contributed by atoms with Crippen LogP contribution < -0.4 is 10.2 Å². The first-order valence-corrected chi connectivity index (χ1v) is 8.46. The van der Waals surface area contributed by atoms with E-state index in [4.69, 9.17) is 10.3 Å². The molecule has 0 radical (unpaired) electrons. The lowest BCUT2D eigenvalue weighted by molar-refractivity contribution is -0.119. The van der Waals surface area contributed by atoms with Gasteiger partial charge in [-0.2, -0.15) is 0 Å². The summed E-state index contributed by atoms with van der Waals surface area (Å²) in [5.74, 6) is -0.732. The first kappa shape index (κ1) is 19.1. The van der Waals surface area contributed by atoms with Gasteiger partial charge >= 0.3 is 6.09 Å². The third-order valence-electron chi connectivity index (χ3n) is 4.15. The van der Waals surface area contributed by atoms with Gasteiger partial charge in [0.1, 0.15) is 11.9 Å². The molecule has 0 saturated carbocycles. The number of hydrogen-bond donors (Lipinski definition) is 1. The van der Waals surface area contributed by atoms with E-state index in [9.17, 15) is 14.0 Å². The van der Waals surface area contributed by atoms with Crippen LogP contribution in [0.1, 0.15) is 12.6 Å². The number of aromatic nitrogens is 1. The fraction of sp³-hybridized carbons (Fsp3) is 0.278. The minimum Gasteiger partial charge on any atom is -0.442 e. The van der Waals surface area contributed by atoms with Gasteiger partial charge in [-0.05, 0) is 29.8 Å². The zero-order valence-corrected chi connectivity index (χ0v) is 15.0. The molecule has 1 saturated heterocycles. The number of rotatable bonds is 6. The number of pyridine rings is 1. The summed E-state index contributed by atoms with van der Waals surface area (Å²) in [6.07, 6.45) is 0.409. The average Bonchev–Trinajstić information content (AvgIpc) is 3.06. The third-order valence-corrected chi connectivity index (χ3v) is 4.15. The van der Waals surface area contributed by atoms with Crippen molar-refractivity contribution >= 4 is 17.7 Å². The summed E-state index contributed by atoms with van der Waals surface area (Å²) in [6.45, 7) is 1.91. The maximum Gasteiger partial charge on any atom is 0.414 e. The lowest BCUT2D eigenvalue weighted by Gasteiger charge is -2.14. The Hall–Kier alpha value is -3.65. The fourth-order valence-corrected chi connectivity index (χ4v) is 2.78. The van der Waals surface area contributed by atoms with Gasteiger partial charge in [0.15, 0.2) is 0 Å². The van der Waals surface area contributed by atoms with Crippen LogP contribution in [0.25, 0.3) is 21.6 Å². The summed E-state index contributed by atoms with van der Waals surface area (Å²) in [4.78, 5) is 31.2. The Morgan fingerprint density at radius 3 is 2.93 bits per heavy atom. The maximum absolute atomic E-state index is 14.6. The number of anilines is 1. The topological polar surface area (TPSA) is 120 Å². The number of ether oxygens (including phenoxy) is 1. The Kier molecular flexibility index (Phi) is 5.71. The smallest absolute Gasteiger partial charge is 0.414 e. The number of nitrogens with one attached hydrogen (secondary N) is 1. The van der Waals surface area contributed by atoms with Crippen molar-refractivity contribution in [1.82, 2.24) is 10.3 Å².